The van der Waals surface area contributed by atoms with Crippen LogP contribution in [0.4, 0.5) is 5.69 Å². The lowest BCUT2D eigenvalue weighted by molar-refractivity contribution is 0.102. The van der Waals surface area contributed by atoms with Gasteiger partial charge in [0.25, 0.3) is 5.91 Å². The Balaban J connectivity index is 2.31. The highest BCUT2D eigenvalue weighted by molar-refractivity contribution is 7.90. The molecule has 104 valence electrons. The summed E-state index contributed by atoms with van der Waals surface area (Å²) in [6.07, 6.45) is 1.11. The fourth-order valence-electron chi connectivity index (χ4n) is 1.79. The molecule has 0 bridgehead atoms. The Labute approximate surface area is 118 Å². The van der Waals surface area contributed by atoms with Gasteiger partial charge in [0.1, 0.15) is 0 Å². The number of aryl methyl sites for hydroxylation is 1. The standard InChI is InChI=1S/C15H15NO3S/c1-11-7-9-12(10-8-11)15(17)16-13-5-3-4-6-14(13)20(2,18)19/h3-10H,1-2H3,(H,16,17). The van der Waals surface area contributed by atoms with E-state index >= 15 is 0 Å². The Morgan fingerprint density at radius 1 is 1.00 bits per heavy atom. The van der Waals surface area contributed by atoms with Crippen molar-refractivity contribution in [2.45, 2.75) is 11.8 Å². The fraction of sp³-hybridized carbons (Fsp3) is 0.133. The molecule has 20 heavy (non-hydrogen) atoms. The van der Waals surface area contributed by atoms with Crippen LogP contribution in [0.25, 0.3) is 0 Å². The Morgan fingerprint density at radius 2 is 1.60 bits per heavy atom. The van der Waals surface area contributed by atoms with Crippen molar-refractivity contribution >= 4 is 21.4 Å². The smallest absolute Gasteiger partial charge is 0.255 e. The molecule has 0 unspecified atom stereocenters. The molecule has 4 nitrogen and oxygen atoms in total. The van der Waals surface area contributed by atoms with Gasteiger partial charge < -0.3 is 5.32 Å². The van der Waals surface area contributed by atoms with E-state index < -0.39 is 9.84 Å². The second-order valence-corrected chi connectivity index (χ2v) is 6.57. The van der Waals surface area contributed by atoms with E-state index in [0.717, 1.165) is 11.8 Å². The zero-order chi connectivity index (χ0) is 14.8. The molecule has 1 N–H and O–H groups in total. The Kier molecular flexibility index (Phi) is 3.90. The van der Waals surface area contributed by atoms with Gasteiger partial charge in [0.15, 0.2) is 9.84 Å². The van der Waals surface area contributed by atoms with Gasteiger partial charge in [0.2, 0.25) is 0 Å². The zero-order valence-corrected chi connectivity index (χ0v) is 12.1. The summed E-state index contributed by atoms with van der Waals surface area (Å²) in [7, 11) is -3.38. The number of sulfone groups is 1. The number of carbonyl (C=O) groups is 1. The Bertz CT molecular complexity index is 734. The van der Waals surface area contributed by atoms with Crippen LogP contribution >= 0.6 is 0 Å². The second kappa shape index (κ2) is 5.46. The van der Waals surface area contributed by atoms with Crippen LogP contribution in [-0.4, -0.2) is 20.6 Å². The van der Waals surface area contributed by atoms with Crippen molar-refractivity contribution in [1.82, 2.24) is 0 Å². The average Bonchev–Trinajstić information content (AvgIpc) is 2.38. The van der Waals surface area contributed by atoms with Crippen molar-refractivity contribution in [3.05, 3.63) is 59.7 Å². The summed E-state index contributed by atoms with van der Waals surface area (Å²) in [6.45, 7) is 1.93. The van der Waals surface area contributed by atoms with Crippen molar-refractivity contribution < 1.29 is 13.2 Å². The van der Waals surface area contributed by atoms with E-state index in [1.807, 2.05) is 19.1 Å². The molecule has 1 amide bonds. The molecule has 0 aromatic heterocycles. The summed E-state index contributed by atoms with van der Waals surface area (Å²) in [5, 5.41) is 2.63. The topological polar surface area (TPSA) is 63.2 Å². The van der Waals surface area contributed by atoms with Crippen molar-refractivity contribution in [1.29, 1.82) is 0 Å². The normalized spacial score (nSPS) is 11.1. The first kappa shape index (κ1) is 14.3. The minimum atomic E-state index is -3.38. The minimum absolute atomic E-state index is 0.112. The highest BCUT2D eigenvalue weighted by Gasteiger charge is 2.15. The number of hydrogen-bond donors (Lipinski definition) is 1. The van der Waals surface area contributed by atoms with Crippen LogP contribution in [-0.2, 0) is 9.84 Å². The lowest BCUT2D eigenvalue weighted by atomic mass is 10.1. The van der Waals surface area contributed by atoms with Crippen LogP contribution in [0.15, 0.2) is 53.4 Å². The van der Waals surface area contributed by atoms with Crippen molar-refractivity contribution in [2.75, 3.05) is 11.6 Å². The van der Waals surface area contributed by atoms with Crippen LogP contribution < -0.4 is 5.32 Å². The largest absolute Gasteiger partial charge is 0.321 e. The minimum Gasteiger partial charge on any atom is -0.321 e. The lowest BCUT2D eigenvalue weighted by Crippen LogP contribution is -2.14. The van der Waals surface area contributed by atoms with Gasteiger partial charge in [-0.15, -0.1) is 0 Å². The SMILES string of the molecule is Cc1ccc(C(=O)Nc2ccccc2S(C)(=O)=O)cc1. The van der Waals surface area contributed by atoms with Crippen molar-refractivity contribution in [3.8, 4) is 0 Å². The van der Waals surface area contributed by atoms with Gasteiger partial charge in [-0.05, 0) is 31.2 Å². The lowest BCUT2D eigenvalue weighted by Gasteiger charge is -2.09. The van der Waals surface area contributed by atoms with Gasteiger partial charge in [0.05, 0.1) is 10.6 Å². The van der Waals surface area contributed by atoms with E-state index in [2.05, 4.69) is 5.32 Å². The molecule has 0 aliphatic carbocycles. The fourth-order valence-corrected chi connectivity index (χ4v) is 2.64. The first-order chi connectivity index (χ1) is 9.38. The molecule has 0 atom stereocenters. The van der Waals surface area contributed by atoms with Gasteiger partial charge in [-0.1, -0.05) is 29.8 Å². The summed E-state index contributed by atoms with van der Waals surface area (Å²) in [6, 6.07) is 13.4. The molecule has 2 aromatic rings. The van der Waals surface area contributed by atoms with E-state index in [1.165, 1.54) is 6.07 Å². The molecule has 2 aromatic carbocycles. The number of benzene rings is 2. The highest BCUT2D eigenvalue weighted by atomic mass is 32.2. The predicted molar refractivity (Wildman–Crippen MR) is 78.7 cm³/mol. The molecule has 5 heteroatoms. The monoisotopic (exact) mass is 289 g/mol. The van der Waals surface area contributed by atoms with E-state index in [-0.39, 0.29) is 10.8 Å². The van der Waals surface area contributed by atoms with Gasteiger partial charge in [-0.3, -0.25) is 4.79 Å². The number of hydrogen-bond acceptors (Lipinski definition) is 3. The molecule has 0 aliphatic rings. The van der Waals surface area contributed by atoms with Gasteiger partial charge in [-0.25, -0.2) is 8.42 Å². The Hall–Kier alpha value is -2.14. The van der Waals surface area contributed by atoms with Gasteiger partial charge >= 0.3 is 0 Å². The maximum absolute atomic E-state index is 12.1. The van der Waals surface area contributed by atoms with Crippen LogP contribution in [0, 0.1) is 6.92 Å². The average molecular weight is 289 g/mol. The van der Waals surface area contributed by atoms with E-state index in [1.54, 1.807) is 30.3 Å². The highest BCUT2D eigenvalue weighted by Crippen LogP contribution is 2.21. The van der Waals surface area contributed by atoms with Crippen molar-refractivity contribution in [3.63, 3.8) is 0 Å². The molecule has 0 saturated carbocycles. The molecule has 0 saturated heterocycles. The summed E-state index contributed by atoms with van der Waals surface area (Å²) < 4.78 is 23.3. The summed E-state index contributed by atoms with van der Waals surface area (Å²) >= 11 is 0. The summed E-state index contributed by atoms with van der Waals surface area (Å²) in [5.74, 6) is -0.332. The zero-order valence-electron chi connectivity index (χ0n) is 11.3. The van der Waals surface area contributed by atoms with Crippen molar-refractivity contribution in [2.24, 2.45) is 0 Å². The first-order valence-corrected chi connectivity index (χ1v) is 7.94. The molecule has 2 rings (SSSR count). The van der Waals surface area contributed by atoms with E-state index in [0.29, 0.717) is 11.3 Å². The number of carbonyl (C=O) groups excluding carboxylic acids is 1. The van der Waals surface area contributed by atoms with Crippen LogP contribution in [0.1, 0.15) is 15.9 Å². The number of para-hydroxylation sites is 1. The van der Waals surface area contributed by atoms with E-state index in [4.69, 9.17) is 0 Å². The third-order valence-corrected chi connectivity index (χ3v) is 4.00. The molecule has 0 spiro atoms. The molecule has 0 heterocycles. The maximum Gasteiger partial charge on any atom is 0.255 e. The molecule has 0 aliphatic heterocycles. The Morgan fingerprint density at radius 3 is 2.20 bits per heavy atom. The number of amides is 1. The quantitative estimate of drug-likeness (QED) is 0.944. The maximum atomic E-state index is 12.1. The molecule has 0 fully saturated rings. The van der Waals surface area contributed by atoms with E-state index in [9.17, 15) is 13.2 Å². The molecular formula is C15H15NO3S. The number of rotatable bonds is 3. The predicted octanol–water partition coefficient (Wildman–Crippen LogP) is 2.65. The number of nitrogens with one attached hydrogen (secondary N) is 1. The molecular weight excluding hydrogens is 274 g/mol. The van der Waals surface area contributed by atoms with Crippen LogP contribution in [0.3, 0.4) is 0 Å². The van der Waals surface area contributed by atoms with Crippen LogP contribution in [0.5, 0.6) is 0 Å². The van der Waals surface area contributed by atoms with Crippen LogP contribution in [0.2, 0.25) is 0 Å². The first-order valence-electron chi connectivity index (χ1n) is 6.05. The van der Waals surface area contributed by atoms with Gasteiger partial charge in [0, 0.05) is 11.8 Å². The molecule has 0 radical (unpaired) electrons. The summed E-state index contributed by atoms with van der Waals surface area (Å²) in [4.78, 5) is 12.2. The third-order valence-electron chi connectivity index (χ3n) is 2.85. The third kappa shape index (κ3) is 3.24. The number of anilines is 1. The van der Waals surface area contributed by atoms with Gasteiger partial charge in [-0.2, -0.15) is 0 Å². The summed E-state index contributed by atoms with van der Waals surface area (Å²) in [5.41, 5.74) is 1.83. The second-order valence-electron chi connectivity index (χ2n) is 4.59.